The molecule has 1 aromatic heterocycles. The molecule has 2 rings (SSSR count). The Balaban J connectivity index is 2.04. The third kappa shape index (κ3) is 13.5. The van der Waals surface area contributed by atoms with Crippen LogP contribution in [0.3, 0.4) is 0 Å². The van der Waals surface area contributed by atoms with E-state index in [1.807, 2.05) is 20.8 Å². The molecule has 11 heteroatoms. The van der Waals surface area contributed by atoms with Gasteiger partial charge in [-0.15, -0.1) is 0 Å². The summed E-state index contributed by atoms with van der Waals surface area (Å²) in [6.07, 6.45) is 6.96. The van der Waals surface area contributed by atoms with Crippen LogP contribution in [0.2, 0.25) is 0 Å². The largest absolute Gasteiger partial charge is 0.457 e. The van der Waals surface area contributed by atoms with Gasteiger partial charge in [-0.2, -0.15) is 0 Å². The average molecular weight is 597 g/mol. The van der Waals surface area contributed by atoms with Crippen LogP contribution in [0, 0.1) is 11.8 Å². The fourth-order valence-corrected chi connectivity index (χ4v) is 4.39. The minimum Gasteiger partial charge on any atom is -0.457 e. The summed E-state index contributed by atoms with van der Waals surface area (Å²) in [4.78, 5) is 66.2. The maximum Gasteiger partial charge on any atom is 0.313 e. The van der Waals surface area contributed by atoms with Crippen LogP contribution in [0.1, 0.15) is 70.4 Å². The van der Waals surface area contributed by atoms with Crippen LogP contribution in [0.25, 0.3) is 0 Å². The van der Waals surface area contributed by atoms with E-state index >= 15 is 0 Å². The molecule has 0 aliphatic heterocycles. The number of nitrogens with one attached hydrogen (secondary N) is 2. The van der Waals surface area contributed by atoms with Crippen molar-refractivity contribution in [3.63, 3.8) is 0 Å². The Hall–Kier alpha value is -4.28. The monoisotopic (exact) mass is 596 g/mol. The number of amides is 3. The van der Waals surface area contributed by atoms with E-state index in [0.29, 0.717) is 25.0 Å². The number of carbonyl (C=O) groups excluding carboxylic acids is 5. The van der Waals surface area contributed by atoms with Crippen LogP contribution >= 0.6 is 0 Å². The van der Waals surface area contributed by atoms with Crippen LogP contribution < -0.4 is 21.1 Å². The maximum atomic E-state index is 13.5. The first-order valence-corrected chi connectivity index (χ1v) is 14.8. The number of carbonyl (C=O) groups is 5. The number of hydrogen-bond donors (Lipinski definition) is 3. The second kappa shape index (κ2) is 19.0. The molecule has 0 radical (unpaired) electrons. The topological polar surface area (TPSA) is 167 Å². The molecule has 0 spiro atoms. The van der Waals surface area contributed by atoms with Crippen LogP contribution in [0.15, 0.2) is 48.8 Å². The molecule has 11 nitrogen and oxygen atoms in total. The van der Waals surface area contributed by atoms with E-state index in [1.54, 1.807) is 48.8 Å². The molecule has 3 unspecified atom stereocenters. The molecule has 3 atom stereocenters. The third-order valence-electron chi connectivity index (χ3n) is 7.14. The lowest BCUT2D eigenvalue weighted by Crippen LogP contribution is -2.45. The van der Waals surface area contributed by atoms with Gasteiger partial charge in [0.15, 0.2) is 5.78 Å². The molecular formula is C32H44N4O7. The summed E-state index contributed by atoms with van der Waals surface area (Å²) in [7, 11) is 0. The van der Waals surface area contributed by atoms with Crippen molar-refractivity contribution >= 4 is 29.5 Å². The Kier molecular flexibility index (Phi) is 15.4. The molecule has 0 aliphatic rings. The van der Waals surface area contributed by atoms with E-state index in [9.17, 15) is 24.0 Å². The van der Waals surface area contributed by atoms with Crippen molar-refractivity contribution < 1.29 is 33.4 Å². The molecule has 0 saturated carbocycles. The zero-order valence-corrected chi connectivity index (χ0v) is 25.3. The fraction of sp³-hybridized carbons (Fsp3) is 0.500. The Labute approximate surface area is 253 Å². The number of hydrogen-bond acceptors (Lipinski definition) is 8. The number of nitrogens with zero attached hydrogens (tertiary/aromatic N) is 1. The van der Waals surface area contributed by atoms with E-state index in [2.05, 4.69) is 15.6 Å². The summed E-state index contributed by atoms with van der Waals surface area (Å²) in [6, 6.07) is 9.59. The van der Waals surface area contributed by atoms with Crippen LogP contribution in [0.5, 0.6) is 5.75 Å². The highest BCUT2D eigenvalue weighted by Gasteiger charge is 2.31. The van der Waals surface area contributed by atoms with Gasteiger partial charge >= 0.3 is 5.97 Å². The first-order valence-electron chi connectivity index (χ1n) is 14.8. The van der Waals surface area contributed by atoms with Gasteiger partial charge in [0, 0.05) is 31.2 Å². The van der Waals surface area contributed by atoms with Crippen molar-refractivity contribution in [2.24, 2.45) is 17.6 Å². The predicted molar refractivity (Wildman–Crippen MR) is 161 cm³/mol. The van der Waals surface area contributed by atoms with Crippen molar-refractivity contribution in [1.29, 1.82) is 0 Å². The van der Waals surface area contributed by atoms with E-state index < -0.39 is 29.7 Å². The lowest BCUT2D eigenvalue weighted by molar-refractivity contribution is -0.149. The standard InChI is InChI=1S/C32H44N4O7/c1-4-6-7-10-30(39)36-27(28(37)18-26(22(3)5-2)32(41)35-20-29(33)38)16-23-11-13-25(14-12-23)42-21-43-31(40)17-24-9-8-15-34-19-24/h8-9,11-15,19,22,26-27H,4-7,10,16-18,20-21H2,1-3H3,(H2,33,38)(H,35,41)(H,36,39). The van der Waals surface area contributed by atoms with E-state index in [1.165, 1.54) is 0 Å². The number of esters is 1. The second-order valence-electron chi connectivity index (χ2n) is 10.6. The fourth-order valence-electron chi connectivity index (χ4n) is 4.39. The average Bonchev–Trinajstić information content (AvgIpc) is 2.99. The highest BCUT2D eigenvalue weighted by molar-refractivity contribution is 5.93. The summed E-state index contributed by atoms with van der Waals surface area (Å²) in [5, 5.41) is 5.38. The number of aromatic nitrogens is 1. The SMILES string of the molecule is CCCCCC(=O)NC(Cc1ccc(OCOC(=O)Cc2cccnc2)cc1)C(=O)CC(C(=O)NCC(N)=O)C(C)CC. The minimum atomic E-state index is -0.843. The van der Waals surface area contributed by atoms with Gasteiger partial charge in [-0.3, -0.25) is 29.0 Å². The van der Waals surface area contributed by atoms with Gasteiger partial charge in [0.05, 0.1) is 19.0 Å². The van der Waals surface area contributed by atoms with Gasteiger partial charge in [-0.25, -0.2) is 0 Å². The number of pyridine rings is 1. The Morgan fingerprint density at radius 1 is 1.00 bits per heavy atom. The number of rotatable bonds is 20. The van der Waals surface area contributed by atoms with Crippen molar-refractivity contribution in [2.75, 3.05) is 13.3 Å². The summed E-state index contributed by atoms with van der Waals surface area (Å²) < 4.78 is 10.7. The summed E-state index contributed by atoms with van der Waals surface area (Å²) in [5.74, 6) is -2.37. The van der Waals surface area contributed by atoms with Gasteiger partial charge in [0.1, 0.15) is 5.75 Å². The molecule has 0 bridgehead atoms. The summed E-state index contributed by atoms with van der Waals surface area (Å²) in [5.41, 5.74) is 6.67. The first kappa shape index (κ1) is 34.9. The molecule has 0 fully saturated rings. The Bertz CT molecular complexity index is 1190. The van der Waals surface area contributed by atoms with E-state index in [0.717, 1.165) is 24.0 Å². The second-order valence-corrected chi connectivity index (χ2v) is 10.6. The summed E-state index contributed by atoms with van der Waals surface area (Å²) in [6.45, 7) is 5.26. The van der Waals surface area contributed by atoms with E-state index in [-0.39, 0.29) is 50.2 Å². The number of primary amides is 1. The van der Waals surface area contributed by atoms with Crippen LogP contribution in [-0.4, -0.2) is 53.8 Å². The third-order valence-corrected chi connectivity index (χ3v) is 7.14. The lowest BCUT2D eigenvalue weighted by atomic mass is 9.84. The molecule has 234 valence electrons. The number of nitrogens with two attached hydrogens (primary N) is 1. The van der Waals surface area contributed by atoms with Crippen molar-refractivity contribution in [3.8, 4) is 5.75 Å². The van der Waals surface area contributed by atoms with Crippen LogP contribution in [0.4, 0.5) is 0 Å². The highest BCUT2D eigenvalue weighted by Crippen LogP contribution is 2.22. The molecular weight excluding hydrogens is 552 g/mol. The first-order chi connectivity index (χ1) is 20.6. The molecule has 0 aliphatic carbocycles. The quantitative estimate of drug-likeness (QED) is 0.119. The zero-order chi connectivity index (χ0) is 31.6. The Morgan fingerprint density at radius 3 is 2.37 bits per heavy atom. The van der Waals surface area contributed by atoms with Gasteiger partial charge in [0.25, 0.3) is 0 Å². The summed E-state index contributed by atoms with van der Waals surface area (Å²) >= 11 is 0. The zero-order valence-electron chi connectivity index (χ0n) is 25.3. The number of Topliss-reactive ketones (excluding diaryl/α,β-unsaturated/α-hetero) is 1. The van der Waals surface area contributed by atoms with Gasteiger partial charge in [0.2, 0.25) is 24.5 Å². The molecule has 1 aromatic carbocycles. The molecule has 4 N–H and O–H groups in total. The molecule has 43 heavy (non-hydrogen) atoms. The number of ketones is 1. The lowest BCUT2D eigenvalue weighted by Gasteiger charge is -2.25. The highest BCUT2D eigenvalue weighted by atomic mass is 16.7. The van der Waals surface area contributed by atoms with Crippen molar-refractivity contribution in [3.05, 3.63) is 59.9 Å². The van der Waals surface area contributed by atoms with Gasteiger partial charge in [-0.1, -0.05) is 58.2 Å². The van der Waals surface area contributed by atoms with Gasteiger partial charge < -0.3 is 25.8 Å². The van der Waals surface area contributed by atoms with E-state index in [4.69, 9.17) is 15.2 Å². The number of ether oxygens (including phenoxy) is 2. The predicted octanol–water partition coefficient (Wildman–Crippen LogP) is 3.03. The normalized spacial score (nSPS) is 12.8. The number of benzene rings is 1. The van der Waals surface area contributed by atoms with Crippen molar-refractivity contribution in [1.82, 2.24) is 15.6 Å². The van der Waals surface area contributed by atoms with Crippen molar-refractivity contribution in [2.45, 2.75) is 78.2 Å². The molecule has 1 heterocycles. The Morgan fingerprint density at radius 2 is 1.74 bits per heavy atom. The smallest absolute Gasteiger partial charge is 0.313 e. The molecule has 2 aromatic rings. The minimum absolute atomic E-state index is 0.0837. The molecule has 0 saturated heterocycles. The van der Waals surface area contributed by atoms with Gasteiger partial charge in [-0.05, 0) is 48.1 Å². The molecule has 3 amide bonds. The number of unbranched alkanes of at least 4 members (excludes halogenated alkanes) is 2. The van der Waals surface area contributed by atoms with Crippen LogP contribution in [-0.2, 0) is 41.6 Å². The maximum absolute atomic E-state index is 13.5.